The van der Waals surface area contributed by atoms with E-state index in [1.807, 2.05) is 37.3 Å². The Morgan fingerprint density at radius 3 is 2.46 bits per heavy atom. The molecular formula is C19H19N3O2. The molecule has 1 aliphatic heterocycles. The normalized spacial score (nSPS) is 14.7. The molecule has 5 heteroatoms. The zero-order valence-corrected chi connectivity index (χ0v) is 13.9. The Morgan fingerprint density at radius 1 is 1.08 bits per heavy atom. The minimum Gasteiger partial charge on any atom is -0.358 e. The lowest BCUT2D eigenvalue weighted by Gasteiger charge is -2.12. The summed E-state index contributed by atoms with van der Waals surface area (Å²) in [5.41, 5.74) is 4.23. The van der Waals surface area contributed by atoms with Crippen LogP contribution < -0.4 is 10.6 Å². The number of amides is 2. The first-order valence-corrected chi connectivity index (χ1v) is 7.67. The van der Waals surface area contributed by atoms with Crippen LogP contribution in [0.5, 0.6) is 0 Å². The second-order valence-corrected chi connectivity index (χ2v) is 5.91. The highest BCUT2D eigenvalue weighted by molar-refractivity contribution is 6.32. The third-order valence-corrected chi connectivity index (χ3v) is 3.90. The molecule has 2 N–H and O–H groups in total. The van der Waals surface area contributed by atoms with Gasteiger partial charge in [-0.25, -0.2) is 0 Å². The van der Waals surface area contributed by atoms with E-state index in [9.17, 15) is 9.59 Å². The molecule has 0 spiro atoms. The first kappa shape index (κ1) is 15.8. The van der Waals surface area contributed by atoms with Gasteiger partial charge in [-0.05, 0) is 37.3 Å². The Balaban J connectivity index is 2.02. The molecule has 0 saturated carbocycles. The molecule has 0 fully saturated rings. The summed E-state index contributed by atoms with van der Waals surface area (Å²) in [5.74, 6) is -0.259. The van der Waals surface area contributed by atoms with E-state index in [1.54, 1.807) is 32.3 Å². The highest BCUT2D eigenvalue weighted by Crippen LogP contribution is 2.35. The van der Waals surface area contributed by atoms with Gasteiger partial charge in [0, 0.05) is 42.3 Å². The molecule has 1 aliphatic rings. The van der Waals surface area contributed by atoms with E-state index in [0.29, 0.717) is 11.1 Å². The number of carbonyl (C=O) groups excluding carboxylic acids is 2. The van der Waals surface area contributed by atoms with Gasteiger partial charge < -0.3 is 15.5 Å². The van der Waals surface area contributed by atoms with Crippen molar-refractivity contribution in [3.63, 3.8) is 0 Å². The molecule has 1 heterocycles. The second-order valence-electron chi connectivity index (χ2n) is 5.91. The average Bonchev–Trinajstić information content (AvgIpc) is 2.89. The molecule has 2 aromatic carbocycles. The Kier molecular flexibility index (Phi) is 4.08. The molecule has 0 atom stereocenters. The summed E-state index contributed by atoms with van der Waals surface area (Å²) in [7, 11) is 3.41. The number of para-hydroxylation sites is 1. The van der Waals surface area contributed by atoms with Crippen LogP contribution in [0, 0.1) is 0 Å². The quantitative estimate of drug-likeness (QED) is 0.854. The standard InChI is InChI=1S/C19H19N3O2/c1-12(20-14-7-5-4-6-8-14)17-15-11-13(19(24)22(2)3)9-10-16(15)21-18(17)23/h4-11,20H,1-3H3,(H,21,23). The fourth-order valence-corrected chi connectivity index (χ4v) is 2.73. The Labute approximate surface area is 141 Å². The predicted molar refractivity (Wildman–Crippen MR) is 95.7 cm³/mol. The van der Waals surface area contributed by atoms with Gasteiger partial charge in [0.15, 0.2) is 0 Å². The predicted octanol–water partition coefficient (Wildman–Crippen LogP) is 3.18. The third kappa shape index (κ3) is 2.88. The van der Waals surface area contributed by atoms with Gasteiger partial charge in [0.25, 0.3) is 11.8 Å². The van der Waals surface area contributed by atoms with Gasteiger partial charge >= 0.3 is 0 Å². The van der Waals surface area contributed by atoms with Gasteiger partial charge in [-0.3, -0.25) is 9.59 Å². The van der Waals surface area contributed by atoms with Crippen LogP contribution in [0.3, 0.4) is 0 Å². The SMILES string of the molecule is CC(Nc1ccccc1)=C1C(=O)Nc2ccc(C(=O)N(C)C)cc21. The molecule has 0 bridgehead atoms. The van der Waals surface area contributed by atoms with Crippen LogP contribution in [0.15, 0.2) is 54.2 Å². The number of fused-ring (bicyclic) bond motifs is 1. The van der Waals surface area contributed by atoms with Crippen LogP contribution >= 0.6 is 0 Å². The number of hydrogen-bond acceptors (Lipinski definition) is 3. The molecule has 2 amide bonds. The molecule has 0 radical (unpaired) electrons. The van der Waals surface area contributed by atoms with Crippen molar-refractivity contribution < 1.29 is 9.59 Å². The molecule has 122 valence electrons. The van der Waals surface area contributed by atoms with Gasteiger partial charge in [0.2, 0.25) is 0 Å². The zero-order valence-electron chi connectivity index (χ0n) is 13.9. The van der Waals surface area contributed by atoms with Crippen LogP contribution in [-0.2, 0) is 4.79 Å². The van der Waals surface area contributed by atoms with E-state index in [-0.39, 0.29) is 11.8 Å². The van der Waals surface area contributed by atoms with Crippen LogP contribution in [0.2, 0.25) is 0 Å². The summed E-state index contributed by atoms with van der Waals surface area (Å²) < 4.78 is 0. The van der Waals surface area contributed by atoms with Crippen molar-refractivity contribution in [2.24, 2.45) is 0 Å². The maximum atomic E-state index is 12.4. The van der Waals surface area contributed by atoms with Crippen molar-refractivity contribution in [1.29, 1.82) is 0 Å². The van der Waals surface area contributed by atoms with Crippen LogP contribution in [0.4, 0.5) is 11.4 Å². The summed E-state index contributed by atoms with van der Waals surface area (Å²) in [5, 5.41) is 6.10. The average molecular weight is 321 g/mol. The van der Waals surface area contributed by atoms with E-state index in [4.69, 9.17) is 0 Å². The molecule has 5 nitrogen and oxygen atoms in total. The number of anilines is 2. The van der Waals surface area contributed by atoms with Gasteiger partial charge in [-0.15, -0.1) is 0 Å². The van der Waals surface area contributed by atoms with E-state index in [0.717, 1.165) is 22.6 Å². The van der Waals surface area contributed by atoms with Crippen molar-refractivity contribution in [1.82, 2.24) is 4.90 Å². The van der Waals surface area contributed by atoms with Crippen LogP contribution in [0.25, 0.3) is 5.57 Å². The van der Waals surface area contributed by atoms with Crippen molar-refractivity contribution in [2.45, 2.75) is 6.92 Å². The molecule has 0 aromatic heterocycles. The summed E-state index contributed by atoms with van der Waals surface area (Å²) in [6, 6.07) is 14.9. The third-order valence-electron chi connectivity index (χ3n) is 3.90. The molecule has 0 saturated heterocycles. The van der Waals surface area contributed by atoms with Crippen molar-refractivity contribution in [3.05, 3.63) is 65.4 Å². The van der Waals surface area contributed by atoms with Crippen LogP contribution in [-0.4, -0.2) is 30.8 Å². The number of nitrogens with zero attached hydrogens (tertiary/aromatic N) is 1. The maximum Gasteiger partial charge on any atom is 0.258 e. The molecule has 3 rings (SSSR count). The Hall–Kier alpha value is -3.08. The first-order chi connectivity index (χ1) is 11.5. The van der Waals surface area contributed by atoms with E-state index in [1.165, 1.54) is 4.90 Å². The monoisotopic (exact) mass is 321 g/mol. The lowest BCUT2D eigenvalue weighted by molar-refractivity contribution is -0.110. The molecule has 0 aliphatic carbocycles. The number of allylic oxidation sites excluding steroid dienone is 1. The van der Waals surface area contributed by atoms with Gasteiger partial charge in [-0.2, -0.15) is 0 Å². The number of hydrogen-bond donors (Lipinski definition) is 2. The zero-order chi connectivity index (χ0) is 17.3. The second kappa shape index (κ2) is 6.20. The Morgan fingerprint density at radius 2 is 1.79 bits per heavy atom. The molecule has 2 aromatic rings. The smallest absolute Gasteiger partial charge is 0.258 e. The topological polar surface area (TPSA) is 61.4 Å². The fourth-order valence-electron chi connectivity index (χ4n) is 2.73. The highest BCUT2D eigenvalue weighted by atomic mass is 16.2. The lowest BCUT2D eigenvalue weighted by atomic mass is 10.0. The summed E-state index contributed by atoms with van der Waals surface area (Å²) in [4.78, 5) is 26.1. The molecular weight excluding hydrogens is 302 g/mol. The summed E-state index contributed by atoms with van der Waals surface area (Å²) in [6.45, 7) is 1.86. The largest absolute Gasteiger partial charge is 0.358 e. The van der Waals surface area contributed by atoms with E-state index < -0.39 is 0 Å². The van der Waals surface area contributed by atoms with Gasteiger partial charge in [0.05, 0.1) is 5.57 Å². The van der Waals surface area contributed by atoms with Crippen molar-refractivity contribution in [2.75, 3.05) is 24.7 Å². The number of benzene rings is 2. The minimum atomic E-state index is -0.166. The van der Waals surface area contributed by atoms with Crippen molar-refractivity contribution >= 4 is 28.8 Å². The van der Waals surface area contributed by atoms with E-state index in [2.05, 4.69) is 10.6 Å². The number of nitrogens with one attached hydrogen (secondary N) is 2. The fraction of sp³-hybridized carbons (Fsp3) is 0.158. The van der Waals surface area contributed by atoms with Gasteiger partial charge in [-0.1, -0.05) is 18.2 Å². The van der Waals surface area contributed by atoms with E-state index >= 15 is 0 Å². The van der Waals surface area contributed by atoms with Crippen LogP contribution in [0.1, 0.15) is 22.8 Å². The number of rotatable bonds is 3. The number of carbonyl (C=O) groups is 2. The first-order valence-electron chi connectivity index (χ1n) is 7.67. The van der Waals surface area contributed by atoms with Gasteiger partial charge in [0.1, 0.15) is 0 Å². The lowest BCUT2D eigenvalue weighted by Crippen LogP contribution is -2.21. The highest BCUT2D eigenvalue weighted by Gasteiger charge is 2.27. The summed E-state index contributed by atoms with van der Waals surface area (Å²) in [6.07, 6.45) is 0. The molecule has 0 unspecified atom stereocenters. The Bertz CT molecular complexity index is 839. The maximum absolute atomic E-state index is 12.4. The summed E-state index contributed by atoms with van der Waals surface area (Å²) >= 11 is 0. The molecule has 24 heavy (non-hydrogen) atoms. The van der Waals surface area contributed by atoms with Crippen molar-refractivity contribution in [3.8, 4) is 0 Å². The minimum absolute atomic E-state index is 0.0924.